The molecule has 1 aliphatic heterocycles. The van der Waals surface area contributed by atoms with Crippen LogP contribution < -0.4 is 5.56 Å². The zero-order valence-corrected chi connectivity index (χ0v) is 19.1. The Labute approximate surface area is 192 Å². The second kappa shape index (κ2) is 9.83. The van der Waals surface area contributed by atoms with Gasteiger partial charge in [-0.2, -0.15) is 0 Å². The molecule has 7 nitrogen and oxygen atoms in total. The second-order valence-corrected chi connectivity index (χ2v) is 9.20. The molecule has 3 heterocycles. The van der Waals surface area contributed by atoms with E-state index in [9.17, 15) is 18.8 Å². The van der Waals surface area contributed by atoms with Crippen molar-refractivity contribution in [1.29, 1.82) is 0 Å². The van der Waals surface area contributed by atoms with Crippen molar-refractivity contribution in [1.82, 2.24) is 14.5 Å². The summed E-state index contributed by atoms with van der Waals surface area (Å²) in [4.78, 5) is 44.2. The van der Waals surface area contributed by atoms with E-state index in [1.807, 2.05) is 0 Å². The molecule has 1 saturated heterocycles. The minimum absolute atomic E-state index is 0.0199. The van der Waals surface area contributed by atoms with Gasteiger partial charge in [-0.15, -0.1) is 11.3 Å². The summed E-state index contributed by atoms with van der Waals surface area (Å²) in [6.07, 6.45) is 1.41. The van der Waals surface area contributed by atoms with Gasteiger partial charge in [-0.25, -0.2) is 9.37 Å². The van der Waals surface area contributed by atoms with Crippen molar-refractivity contribution >= 4 is 45.2 Å². The molecule has 3 aromatic rings. The third-order valence-electron chi connectivity index (χ3n) is 5.26. The van der Waals surface area contributed by atoms with Crippen LogP contribution in [0.1, 0.15) is 19.8 Å². The first kappa shape index (κ1) is 22.5. The Balaban J connectivity index is 1.57. The maximum Gasteiger partial charge on any atom is 0.310 e. The van der Waals surface area contributed by atoms with Gasteiger partial charge in [0.15, 0.2) is 5.16 Å². The standard InChI is InChI=1S/C22H22FN3O4S2/c1-2-30-21(29)14-6-5-10-25(12-14)18(27)13-32-22-24-16-9-11-31-19(16)20(28)26(22)17-8-4-3-7-15(17)23/h3-4,7-9,11,14H,2,5-6,10,12-13H2,1H3/t14-/m1/s1. The van der Waals surface area contributed by atoms with E-state index in [-0.39, 0.29) is 40.0 Å². The van der Waals surface area contributed by atoms with Gasteiger partial charge in [-0.3, -0.25) is 19.0 Å². The van der Waals surface area contributed by atoms with Crippen LogP contribution in [0.25, 0.3) is 15.9 Å². The number of para-hydroxylation sites is 1. The van der Waals surface area contributed by atoms with Gasteiger partial charge >= 0.3 is 5.97 Å². The lowest BCUT2D eigenvalue weighted by atomic mass is 9.98. The summed E-state index contributed by atoms with van der Waals surface area (Å²) in [5.41, 5.74) is 0.240. The number of fused-ring (bicyclic) bond motifs is 1. The van der Waals surface area contributed by atoms with E-state index in [0.29, 0.717) is 36.3 Å². The van der Waals surface area contributed by atoms with E-state index in [1.54, 1.807) is 35.4 Å². The van der Waals surface area contributed by atoms with Crippen LogP contribution in [0.5, 0.6) is 0 Å². The number of piperidine rings is 1. The van der Waals surface area contributed by atoms with E-state index in [2.05, 4.69) is 4.98 Å². The highest BCUT2D eigenvalue weighted by Crippen LogP contribution is 2.26. The number of ether oxygens (including phenoxy) is 1. The lowest BCUT2D eigenvalue weighted by Gasteiger charge is -2.31. The number of nitrogens with zero attached hydrogens (tertiary/aromatic N) is 3. The SMILES string of the molecule is CCOC(=O)[C@@H]1CCCN(C(=O)CSc2nc3ccsc3c(=O)n2-c2ccccc2F)C1. The highest BCUT2D eigenvalue weighted by molar-refractivity contribution is 7.99. The van der Waals surface area contributed by atoms with Crippen molar-refractivity contribution < 1.29 is 18.7 Å². The molecule has 1 atom stereocenters. The minimum Gasteiger partial charge on any atom is -0.466 e. The molecule has 0 bridgehead atoms. The summed E-state index contributed by atoms with van der Waals surface area (Å²) in [6.45, 7) is 2.94. The number of amides is 1. The molecule has 1 aromatic carbocycles. The molecule has 0 N–H and O–H groups in total. The summed E-state index contributed by atoms with van der Waals surface area (Å²) >= 11 is 2.33. The highest BCUT2D eigenvalue weighted by atomic mass is 32.2. The quantitative estimate of drug-likeness (QED) is 0.309. The van der Waals surface area contributed by atoms with E-state index in [1.165, 1.54) is 28.0 Å². The van der Waals surface area contributed by atoms with E-state index in [4.69, 9.17) is 4.74 Å². The minimum atomic E-state index is -0.547. The number of hydrogen-bond donors (Lipinski definition) is 0. The van der Waals surface area contributed by atoms with Crippen molar-refractivity contribution in [3.8, 4) is 5.69 Å². The van der Waals surface area contributed by atoms with E-state index in [0.717, 1.165) is 18.2 Å². The smallest absolute Gasteiger partial charge is 0.310 e. The molecule has 0 radical (unpaired) electrons. The predicted octanol–water partition coefficient (Wildman–Crippen LogP) is 3.48. The maximum atomic E-state index is 14.5. The summed E-state index contributed by atoms with van der Waals surface area (Å²) in [5.74, 6) is -1.30. The van der Waals surface area contributed by atoms with Crippen LogP contribution in [0.4, 0.5) is 4.39 Å². The van der Waals surface area contributed by atoms with Gasteiger partial charge in [0.1, 0.15) is 10.5 Å². The Morgan fingerprint density at radius 1 is 1.31 bits per heavy atom. The number of hydrogen-bond acceptors (Lipinski definition) is 7. The molecule has 2 aromatic heterocycles. The number of likely N-dealkylation sites (tertiary alicyclic amines) is 1. The molecule has 4 rings (SSSR count). The Bertz CT molecular complexity index is 1210. The number of rotatable bonds is 6. The number of benzene rings is 1. The number of halogens is 1. The first-order valence-corrected chi connectivity index (χ1v) is 12.2. The lowest BCUT2D eigenvalue weighted by molar-refractivity contribution is -0.151. The number of carbonyl (C=O) groups is 2. The Morgan fingerprint density at radius 2 is 2.12 bits per heavy atom. The molecule has 0 aliphatic carbocycles. The molecular weight excluding hydrogens is 453 g/mol. The molecule has 1 fully saturated rings. The van der Waals surface area contributed by atoms with Crippen LogP contribution in [0, 0.1) is 11.7 Å². The molecule has 10 heteroatoms. The van der Waals surface area contributed by atoms with Crippen LogP contribution in [0.3, 0.4) is 0 Å². The van der Waals surface area contributed by atoms with Crippen molar-refractivity contribution in [3.05, 3.63) is 51.9 Å². The van der Waals surface area contributed by atoms with Crippen molar-refractivity contribution in [2.75, 3.05) is 25.4 Å². The molecule has 0 spiro atoms. The Kier molecular flexibility index (Phi) is 6.90. The molecule has 0 saturated carbocycles. The van der Waals surface area contributed by atoms with Crippen LogP contribution in [-0.2, 0) is 14.3 Å². The van der Waals surface area contributed by atoms with Gasteiger partial charge in [-0.1, -0.05) is 23.9 Å². The molecular formula is C22H22FN3O4S2. The van der Waals surface area contributed by atoms with Crippen molar-refractivity contribution in [3.63, 3.8) is 0 Å². The Morgan fingerprint density at radius 3 is 2.91 bits per heavy atom. The molecule has 32 heavy (non-hydrogen) atoms. The number of esters is 1. The van der Waals surface area contributed by atoms with Crippen molar-refractivity contribution in [2.24, 2.45) is 5.92 Å². The average molecular weight is 476 g/mol. The van der Waals surface area contributed by atoms with Gasteiger partial charge in [0.25, 0.3) is 5.56 Å². The summed E-state index contributed by atoms with van der Waals surface area (Å²) in [6, 6.07) is 7.72. The zero-order valence-electron chi connectivity index (χ0n) is 17.5. The van der Waals surface area contributed by atoms with Gasteiger partial charge in [-0.05, 0) is 43.3 Å². The molecule has 1 aliphatic rings. The maximum absolute atomic E-state index is 14.5. The van der Waals surface area contributed by atoms with Crippen LogP contribution in [-0.4, -0.2) is 51.8 Å². The number of aromatic nitrogens is 2. The lowest BCUT2D eigenvalue weighted by Crippen LogP contribution is -2.43. The summed E-state index contributed by atoms with van der Waals surface area (Å²) in [7, 11) is 0. The number of thioether (sulfide) groups is 1. The summed E-state index contributed by atoms with van der Waals surface area (Å²) < 4.78 is 21.3. The second-order valence-electron chi connectivity index (χ2n) is 7.34. The van der Waals surface area contributed by atoms with Crippen LogP contribution in [0.15, 0.2) is 45.7 Å². The third-order valence-corrected chi connectivity index (χ3v) is 7.08. The third kappa shape index (κ3) is 4.56. The largest absolute Gasteiger partial charge is 0.466 e. The van der Waals surface area contributed by atoms with Gasteiger partial charge in [0.05, 0.1) is 29.5 Å². The van der Waals surface area contributed by atoms with Crippen LogP contribution in [0.2, 0.25) is 0 Å². The molecule has 0 unspecified atom stereocenters. The van der Waals surface area contributed by atoms with E-state index >= 15 is 0 Å². The summed E-state index contributed by atoms with van der Waals surface area (Å²) in [5, 5.41) is 2.01. The average Bonchev–Trinajstić information content (AvgIpc) is 3.27. The zero-order chi connectivity index (χ0) is 22.7. The predicted molar refractivity (Wildman–Crippen MR) is 122 cm³/mol. The number of thiophene rings is 1. The highest BCUT2D eigenvalue weighted by Gasteiger charge is 2.29. The van der Waals surface area contributed by atoms with E-state index < -0.39 is 5.82 Å². The molecule has 1 amide bonds. The van der Waals surface area contributed by atoms with Crippen LogP contribution >= 0.6 is 23.1 Å². The Hall–Kier alpha value is -2.72. The fraction of sp³-hybridized carbons (Fsp3) is 0.364. The van der Waals surface area contributed by atoms with Gasteiger partial charge in [0.2, 0.25) is 5.91 Å². The number of carbonyl (C=O) groups excluding carboxylic acids is 2. The fourth-order valence-electron chi connectivity index (χ4n) is 3.71. The topological polar surface area (TPSA) is 81.5 Å². The molecule has 168 valence electrons. The normalized spacial score (nSPS) is 16.3. The first-order valence-electron chi connectivity index (χ1n) is 10.3. The van der Waals surface area contributed by atoms with Gasteiger partial charge in [0, 0.05) is 13.1 Å². The monoisotopic (exact) mass is 475 g/mol. The van der Waals surface area contributed by atoms with Crippen molar-refractivity contribution in [2.45, 2.75) is 24.9 Å². The van der Waals surface area contributed by atoms with Gasteiger partial charge < -0.3 is 9.64 Å². The fourth-order valence-corrected chi connectivity index (χ4v) is 5.38. The first-order chi connectivity index (χ1) is 15.5.